The largest absolute Gasteiger partial charge is 0.369 e. The Morgan fingerprint density at radius 2 is 1.55 bits per heavy atom. The number of nitrogens with one attached hydrogen (secondary N) is 1. The summed E-state index contributed by atoms with van der Waals surface area (Å²) in [6, 6.07) is 21.4. The number of carbonyl (C=O) groups excluding carboxylic acids is 1. The Bertz CT molecular complexity index is 1130. The number of thiocarbonyl (C=S) groups is 1. The minimum absolute atomic E-state index is 0.0368. The van der Waals surface area contributed by atoms with Gasteiger partial charge < -0.3 is 11.1 Å². The van der Waals surface area contributed by atoms with Crippen LogP contribution < -0.4 is 16.0 Å². The number of primary amides is 1. The van der Waals surface area contributed by atoms with Gasteiger partial charge >= 0.3 is 0 Å². The van der Waals surface area contributed by atoms with Crippen molar-refractivity contribution in [2.45, 2.75) is 19.8 Å². The number of carbonyl (C=O) groups is 1. The Kier molecular flexibility index (Phi) is 6.94. The van der Waals surface area contributed by atoms with Gasteiger partial charge in [-0.25, -0.2) is 0 Å². The quantitative estimate of drug-likeness (QED) is 0.317. The van der Waals surface area contributed by atoms with Gasteiger partial charge in [-0.15, -0.1) is 0 Å². The second-order valence-electron chi connectivity index (χ2n) is 6.79. The number of para-hydroxylation sites is 4. The fourth-order valence-corrected chi connectivity index (χ4v) is 3.66. The molecule has 0 aliphatic carbocycles. The standard InChI is InChI=1S/C23H22N4O3S/c1-2-16-9-3-6-12-19(16)26(20-13-7-4-10-17(20)15-22(24)28)23(31)25-18-11-5-8-14-21(18)27(29)30/h3-14H,2,15H2,1H3,(H2,24,28)(H,25,31). The molecule has 8 heteroatoms. The number of hydrogen-bond acceptors (Lipinski definition) is 4. The van der Waals surface area contributed by atoms with Gasteiger partial charge in [-0.1, -0.05) is 55.5 Å². The highest BCUT2D eigenvalue weighted by atomic mass is 32.1. The van der Waals surface area contributed by atoms with E-state index in [9.17, 15) is 14.9 Å². The highest BCUT2D eigenvalue weighted by Crippen LogP contribution is 2.34. The van der Waals surface area contributed by atoms with Crippen molar-refractivity contribution in [3.63, 3.8) is 0 Å². The molecule has 0 spiro atoms. The zero-order valence-electron chi connectivity index (χ0n) is 16.9. The highest BCUT2D eigenvalue weighted by molar-refractivity contribution is 7.80. The van der Waals surface area contributed by atoms with E-state index in [2.05, 4.69) is 5.32 Å². The number of benzene rings is 3. The molecule has 0 aromatic heterocycles. The van der Waals surface area contributed by atoms with Gasteiger partial charge in [-0.3, -0.25) is 19.8 Å². The first-order valence-corrected chi connectivity index (χ1v) is 10.1. The van der Waals surface area contributed by atoms with Gasteiger partial charge in [0.25, 0.3) is 5.69 Å². The first-order chi connectivity index (χ1) is 14.9. The maximum Gasteiger partial charge on any atom is 0.292 e. The molecule has 0 aliphatic rings. The lowest BCUT2D eigenvalue weighted by atomic mass is 10.1. The van der Waals surface area contributed by atoms with Gasteiger partial charge in [-0.2, -0.15) is 0 Å². The molecule has 0 saturated carbocycles. The van der Waals surface area contributed by atoms with Gasteiger partial charge in [0.15, 0.2) is 5.11 Å². The third-order valence-corrected chi connectivity index (χ3v) is 5.04. The Morgan fingerprint density at radius 3 is 2.16 bits per heavy atom. The number of nitro benzene ring substituents is 1. The molecular formula is C23H22N4O3S. The number of nitrogens with zero attached hydrogens (tertiary/aromatic N) is 2. The van der Waals surface area contributed by atoms with Crippen LogP contribution in [0.5, 0.6) is 0 Å². The number of hydrogen-bond donors (Lipinski definition) is 2. The van der Waals surface area contributed by atoms with Gasteiger partial charge in [0.05, 0.1) is 22.7 Å². The van der Waals surface area contributed by atoms with E-state index in [0.717, 1.165) is 17.7 Å². The summed E-state index contributed by atoms with van der Waals surface area (Å²) in [7, 11) is 0. The first-order valence-electron chi connectivity index (χ1n) is 9.71. The van der Waals surface area contributed by atoms with Crippen molar-refractivity contribution in [2.75, 3.05) is 10.2 Å². The van der Waals surface area contributed by atoms with Gasteiger partial charge in [-0.05, 0) is 48.0 Å². The molecule has 0 saturated heterocycles. The van der Waals surface area contributed by atoms with Crippen molar-refractivity contribution in [3.05, 3.63) is 94.0 Å². The molecule has 0 radical (unpaired) electrons. The van der Waals surface area contributed by atoms with E-state index >= 15 is 0 Å². The second-order valence-corrected chi connectivity index (χ2v) is 7.18. The van der Waals surface area contributed by atoms with Crippen molar-refractivity contribution in [1.29, 1.82) is 0 Å². The normalized spacial score (nSPS) is 10.4. The van der Waals surface area contributed by atoms with Crippen LogP contribution in [0.1, 0.15) is 18.1 Å². The molecule has 0 heterocycles. The van der Waals surface area contributed by atoms with Gasteiger partial charge in [0.1, 0.15) is 5.69 Å². The van der Waals surface area contributed by atoms with Crippen molar-refractivity contribution in [3.8, 4) is 0 Å². The van der Waals surface area contributed by atoms with E-state index in [1.807, 2.05) is 55.5 Å². The van der Waals surface area contributed by atoms with E-state index in [4.69, 9.17) is 18.0 Å². The van der Waals surface area contributed by atoms with Crippen LogP contribution >= 0.6 is 12.2 Å². The van der Waals surface area contributed by atoms with Crippen LogP contribution in [0.25, 0.3) is 0 Å². The molecule has 3 aromatic carbocycles. The maximum absolute atomic E-state index is 11.7. The summed E-state index contributed by atoms with van der Waals surface area (Å²) >= 11 is 5.72. The maximum atomic E-state index is 11.7. The number of amides is 1. The van der Waals surface area contributed by atoms with E-state index < -0.39 is 10.8 Å². The van der Waals surface area contributed by atoms with Gasteiger partial charge in [0, 0.05) is 6.07 Å². The monoisotopic (exact) mass is 434 g/mol. The fraction of sp³-hybridized carbons (Fsp3) is 0.130. The summed E-state index contributed by atoms with van der Waals surface area (Å²) in [6.45, 7) is 2.03. The lowest BCUT2D eigenvalue weighted by Gasteiger charge is -2.29. The lowest BCUT2D eigenvalue weighted by Crippen LogP contribution is -2.32. The average Bonchev–Trinajstić information content (AvgIpc) is 2.75. The third kappa shape index (κ3) is 5.04. The van der Waals surface area contributed by atoms with E-state index in [-0.39, 0.29) is 22.9 Å². The summed E-state index contributed by atoms with van der Waals surface area (Å²) in [5.74, 6) is -0.464. The molecule has 0 atom stereocenters. The molecule has 3 N–H and O–H groups in total. The molecule has 3 rings (SSSR count). The van der Waals surface area contributed by atoms with E-state index in [1.165, 1.54) is 6.07 Å². The van der Waals surface area contributed by atoms with Crippen molar-refractivity contribution >= 4 is 46.0 Å². The van der Waals surface area contributed by atoms with Crippen LogP contribution in [-0.2, 0) is 17.6 Å². The van der Waals surface area contributed by atoms with Crippen molar-refractivity contribution in [1.82, 2.24) is 0 Å². The van der Waals surface area contributed by atoms with Crippen molar-refractivity contribution < 1.29 is 9.72 Å². The molecule has 1 amide bonds. The number of nitrogens with two attached hydrogens (primary N) is 1. The minimum atomic E-state index is -0.464. The Morgan fingerprint density at radius 1 is 1.00 bits per heavy atom. The van der Waals surface area contributed by atoms with Crippen LogP contribution in [-0.4, -0.2) is 15.9 Å². The summed E-state index contributed by atoms with van der Waals surface area (Å²) in [4.78, 5) is 24.4. The number of aryl methyl sites for hydroxylation is 1. The molecule has 31 heavy (non-hydrogen) atoms. The number of anilines is 3. The molecule has 0 unspecified atom stereocenters. The van der Waals surface area contributed by atoms with Crippen LogP contribution in [0.3, 0.4) is 0 Å². The van der Waals surface area contributed by atoms with Crippen LogP contribution in [0.15, 0.2) is 72.8 Å². The molecule has 0 bridgehead atoms. The molecule has 0 fully saturated rings. The Hall–Kier alpha value is -3.78. The summed E-state index contributed by atoms with van der Waals surface area (Å²) in [5.41, 5.74) is 8.89. The summed E-state index contributed by atoms with van der Waals surface area (Å²) in [6.07, 6.45) is 0.786. The fourth-order valence-electron chi connectivity index (χ4n) is 3.35. The predicted octanol–water partition coefficient (Wildman–Crippen LogP) is 4.72. The number of nitro groups is 1. The van der Waals surface area contributed by atoms with Crippen LogP contribution in [0.2, 0.25) is 0 Å². The minimum Gasteiger partial charge on any atom is -0.369 e. The molecule has 7 nitrogen and oxygen atoms in total. The summed E-state index contributed by atoms with van der Waals surface area (Å²) in [5, 5.41) is 14.7. The zero-order chi connectivity index (χ0) is 22.4. The third-order valence-electron chi connectivity index (χ3n) is 4.76. The molecule has 3 aromatic rings. The predicted molar refractivity (Wildman–Crippen MR) is 127 cm³/mol. The lowest BCUT2D eigenvalue weighted by molar-refractivity contribution is -0.383. The van der Waals surface area contributed by atoms with E-state index in [0.29, 0.717) is 11.3 Å². The first kappa shape index (κ1) is 21.9. The SMILES string of the molecule is CCc1ccccc1N(C(=S)Nc1ccccc1[N+](=O)[O-])c1ccccc1CC(N)=O. The number of rotatable bonds is 7. The average molecular weight is 435 g/mol. The van der Waals surface area contributed by atoms with Crippen LogP contribution in [0, 0.1) is 10.1 Å². The molecule has 0 aliphatic heterocycles. The highest BCUT2D eigenvalue weighted by Gasteiger charge is 2.23. The van der Waals surface area contributed by atoms with Crippen LogP contribution in [0.4, 0.5) is 22.7 Å². The smallest absolute Gasteiger partial charge is 0.292 e. The van der Waals surface area contributed by atoms with Crippen molar-refractivity contribution in [2.24, 2.45) is 5.73 Å². The molecule has 158 valence electrons. The Labute approximate surface area is 185 Å². The Balaban J connectivity index is 2.13. The summed E-state index contributed by atoms with van der Waals surface area (Å²) < 4.78 is 0. The van der Waals surface area contributed by atoms with E-state index in [1.54, 1.807) is 23.1 Å². The topological polar surface area (TPSA) is 102 Å². The van der Waals surface area contributed by atoms with Gasteiger partial charge in [0.2, 0.25) is 5.91 Å². The zero-order valence-corrected chi connectivity index (χ0v) is 17.8. The second kappa shape index (κ2) is 9.82. The molecular weight excluding hydrogens is 412 g/mol.